The lowest BCUT2D eigenvalue weighted by atomic mass is 10.3. The van der Waals surface area contributed by atoms with E-state index in [0.29, 0.717) is 0 Å². The van der Waals surface area contributed by atoms with Crippen molar-refractivity contribution in [1.29, 1.82) is 0 Å². The number of aliphatic hydroxyl groups excluding tert-OH is 2. The van der Waals surface area contributed by atoms with Gasteiger partial charge < -0.3 is 19.9 Å². The molecule has 0 saturated carbocycles. The Labute approximate surface area is 74.9 Å². The minimum atomic E-state index is -1.00. The summed E-state index contributed by atoms with van der Waals surface area (Å²) in [5.41, 5.74) is 0.171. The van der Waals surface area contributed by atoms with E-state index in [1.165, 1.54) is 16.8 Å². The van der Waals surface area contributed by atoms with Gasteiger partial charge in [-0.2, -0.15) is 0 Å². The first-order chi connectivity index (χ1) is 6.13. The molecule has 0 bridgehead atoms. The summed E-state index contributed by atoms with van der Waals surface area (Å²) >= 11 is 0. The van der Waals surface area contributed by atoms with Gasteiger partial charge in [-0.1, -0.05) is 0 Å². The van der Waals surface area contributed by atoms with Gasteiger partial charge in [-0.3, -0.25) is 0 Å². The van der Waals surface area contributed by atoms with Gasteiger partial charge in [0.15, 0.2) is 0 Å². The van der Waals surface area contributed by atoms with Crippen molar-refractivity contribution in [3.05, 3.63) is 24.0 Å². The van der Waals surface area contributed by atoms with Crippen LogP contribution in [0.25, 0.3) is 0 Å². The molecule has 0 aliphatic carbocycles. The largest absolute Gasteiger partial charge is 0.478 e. The molecular formula is C8H11NO4. The van der Waals surface area contributed by atoms with Crippen LogP contribution in [0.5, 0.6) is 0 Å². The fraction of sp³-hybridized carbons (Fsp3) is 0.375. The van der Waals surface area contributed by atoms with Gasteiger partial charge in [-0.25, -0.2) is 4.79 Å². The zero-order chi connectivity index (χ0) is 9.84. The van der Waals surface area contributed by atoms with Gasteiger partial charge in [0.05, 0.1) is 24.8 Å². The molecule has 1 aromatic heterocycles. The number of aromatic nitrogens is 1. The molecule has 0 spiro atoms. The van der Waals surface area contributed by atoms with Gasteiger partial charge in [0.25, 0.3) is 0 Å². The third-order valence-electron chi connectivity index (χ3n) is 1.63. The minimum absolute atomic E-state index is 0.171. The molecule has 1 atom stereocenters. The predicted octanol–water partition coefficient (Wildman–Crippen LogP) is -0.460. The van der Waals surface area contributed by atoms with E-state index in [1.807, 2.05) is 0 Å². The smallest absolute Gasteiger partial charge is 0.337 e. The van der Waals surface area contributed by atoms with Crippen LogP contribution in [-0.2, 0) is 6.54 Å². The van der Waals surface area contributed by atoms with Crippen LogP contribution >= 0.6 is 0 Å². The molecule has 0 aliphatic rings. The van der Waals surface area contributed by atoms with E-state index in [9.17, 15) is 4.79 Å². The first kappa shape index (κ1) is 9.76. The van der Waals surface area contributed by atoms with Crippen LogP contribution in [0.3, 0.4) is 0 Å². The number of rotatable bonds is 4. The van der Waals surface area contributed by atoms with Gasteiger partial charge in [-0.15, -0.1) is 0 Å². The van der Waals surface area contributed by atoms with Crippen molar-refractivity contribution in [1.82, 2.24) is 4.57 Å². The van der Waals surface area contributed by atoms with E-state index in [-0.39, 0.29) is 18.7 Å². The lowest BCUT2D eigenvalue weighted by molar-refractivity contribution is 0.0694. The highest BCUT2D eigenvalue weighted by Crippen LogP contribution is 2.02. The average Bonchev–Trinajstić information content (AvgIpc) is 2.52. The average molecular weight is 185 g/mol. The quantitative estimate of drug-likeness (QED) is 0.592. The Bertz CT molecular complexity index is 294. The number of carboxylic acids is 1. The number of aromatic carboxylic acids is 1. The summed E-state index contributed by atoms with van der Waals surface area (Å²) in [6.45, 7) is -0.135. The van der Waals surface area contributed by atoms with Gasteiger partial charge in [-0.05, 0) is 6.07 Å². The van der Waals surface area contributed by atoms with Crippen LogP contribution in [0.1, 0.15) is 10.4 Å². The Kier molecular flexibility index (Phi) is 3.05. The highest BCUT2D eigenvalue weighted by atomic mass is 16.4. The van der Waals surface area contributed by atoms with Gasteiger partial charge in [0.2, 0.25) is 0 Å². The molecule has 1 rings (SSSR count). The lowest BCUT2D eigenvalue weighted by Gasteiger charge is -2.07. The fourth-order valence-corrected chi connectivity index (χ4v) is 0.982. The second kappa shape index (κ2) is 4.06. The number of hydrogen-bond acceptors (Lipinski definition) is 3. The van der Waals surface area contributed by atoms with Crippen LogP contribution in [0.2, 0.25) is 0 Å². The Morgan fingerprint density at radius 1 is 1.62 bits per heavy atom. The van der Waals surface area contributed by atoms with Gasteiger partial charge in [0, 0.05) is 12.4 Å². The third-order valence-corrected chi connectivity index (χ3v) is 1.63. The molecular weight excluding hydrogens is 174 g/mol. The molecule has 13 heavy (non-hydrogen) atoms. The Hall–Kier alpha value is -1.33. The zero-order valence-electron chi connectivity index (χ0n) is 6.92. The third kappa shape index (κ3) is 2.57. The normalized spacial score (nSPS) is 12.8. The molecule has 3 N–H and O–H groups in total. The van der Waals surface area contributed by atoms with E-state index in [4.69, 9.17) is 15.3 Å². The fourth-order valence-electron chi connectivity index (χ4n) is 0.982. The number of hydrogen-bond donors (Lipinski definition) is 3. The second-order valence-corrected chi connectivity index (χ2v) is 2.74. The van der Waals surface area contributed by atoms with Crippen molar-refractivity contribution >= 4 is 5.97 Å². The van der Waals surface area contributed by atoms with E-state index in [2.05, 4.69) is 0 Å². The molecule has 0 radical (unpaired) electrons. The Morgan fingerprint density at radius 2 is 2.31 bits per heavy atom. The highest BCUT2D eigenvalue weighted by molar-refractivity contribution is 5.87. The van der Waals surface area contributed by atoms with Crippen LogP contribution in [0.4, 0.5) is 0 Å². The molecule has 72 valence electrons. The summed E-state index contributed by atoms with van der Waals surface area (Å²) in [6.07, 6.45) is 2.10. The molecule has 0 fully saturated rings. The van der Waals surface area contributed by atoms with E-state index in [0.717, 1.165) is 0 Å². The number of carboxylic acid groups (broad SMARTS) is 1. The van der Waals surface area contributed by atoms with Crippen LogP contribution in [-0.4, -0.2) is 38.6 Å². The SMILES string of the molecule is O=C(O)c1ccn(CC(O)CO)c1. The second-order valence-electron chi connectivity index (χ2n) is 2.74. The topological polar surface area (TPSA) is 82.7 Å². The predicted molar refractivity (Wildman–Crippen MR) is 44.5 cm³/mol. The maximum atomic E-state index is 10.4. The highest BCUT2D eigenvalue weighted by Gasteiger charge is 2.07. The van der Waals surface area contributed by atoms with Crippen molar-refractivity contribution in [2.75, 3.05) is 6.61 Å². The van der Waals surface area contributed by atoms with Gasteiger partial charge >= 0.3 is 5.97 Å². The summed E-state index contributed by atoms with van der Waals surface area (Å²) in [4.78, 5) is 10.4. The number of carbonyl (C=O) groups is 1. The summed E-state index contributed by atoms with van der Waals surface area (Å²) < 4.78 is 1.52. The van der Waals surface area contributed by atoms with Crippen molar-refractivity contribution in [3.63, 3.8) is 0 Å². The summed E-state index contributed by atoms with van der Waals surface area (Å²) in [6, 6.07) is 1.44. The van der Waals surface area contributed by atoms with Crippen molar-refractivity contribution < 1.29 is 20.1 Å². The molecule has 0 aromatic carbocycles. The number of aliphatic hydroxyl groups is 2. The van der Waals surface area contributed by atoms with Crippen molar-refractivity contribution in [2.24, 2.45) is 0 Å². The number of nitrogens with zero attached hydrogens (tertiary/aromatic N) is 1. The molecule has 0 aliphatic heterocycles. The minimum Gasteiger partial charge on any atom is -0.478 e. The van der Waals surface area contributed by atoms with E-state index >= 15 is 0 Å². The molecule has 1 aromatic rings. The maximum absolute atomic E-state index is 10.4. The first-order valence-corrected chi connectivity index (χ1v) is 3.81. The molecule has 0 amide bonds. The molecule has 5 heteroatoms. The van der Waals surface area contributed by atoms with Gasteiger partial charge in [0.1, 0.15) is 0 Å². The van der Waals surface area contributed by atoms with Crippen molar-refractivity contribution in [3.8, 4) is 0 Å². The summed E-state index contributed by atoms with van der Waals surface area (Å²) in [5, 5.41) is 26.1. The molecule has 5 nitrogen and oxygen atoms in total. The standard InChI is InChI=1S/C8H11NO4/c10-5-7(11)4-9-2-1-6(3-9)8(12)13/h1-3,7,10-11H,4-5H2,(H,12,13). The monoisotopic (exact) mass is 185 g/mol. The van der Waals surface area contributed by atoms with Crippen molar-refractivity contribution in [2.45, 2.75) is 12.6 Å². The Morgan fingerprint density at radius 3 is 2.77 bits per heavy atom. The van der Waals surface area contributed by atoms with E-state index < -0.39 is 12.1 Å². The van der Waals surface area contributed by atoms with Crippen LogP contribution < -0.4 is 0 Å². The summed E-state index contributed by atoms with van der Waals surface area (Å²) in [5.74, 6) is -1.00. The van der Waals surface area contributed by atoms with E-state index in [1.54, 1.807) is 6.20 Å². The summed E-state index contributed by atoms with van der Waals surface area (Å²) in [7, 11) is 0. The Balaban J connectivity index is 2.64. The lowest BCUT2D eigenvalue weighted by Crippen LogP contribution is -2.18. The molecule has 0 saturated heterocycles. The zero-order valence-corrected chi connectivity index (χ0v) is 6.92. The molecule has 1 heterocycles. The van der Waals surface area contributed by atoms with Crippen LogP contribution in [0, 0.1) is 0 Å². The molecule has 1 unspecified atom stereocenters. The van der Waals surface area contributed by atoms with Crippen LogP contribution in [0.15, 0.2) is 18.5 Å². The first-order valence-electron chi connectivity index (χ1n) is 3.81. The maximum Gasteiger partial charge on any atom is 0.337 e.